The Balaban J connectivity index is 0.00000169. The molecule has 1 amide bonds. The maximum atomic E-state index is 12.8. The highest BCUT2D eigenvalue weighted by atomic mass is 35.5. The lowest BCUT2D eigenvalue weighted by molar-refractivity contribution is 0.0984. The van der Waals surface area contributed by atoms with Crippen molar-refractivity contribution in [2.24, 2.45) is 0 Å². The molecular formula is C16H19Cl2N5O. The van der Waals surface area contributed by atoms with Crippen molar-refractivity contribution in [2.45, 2.75) is 25.3 Å². The summed E-state index contributed by atoms with van der Waals surface area (Å²) in [6.07, 6.45) is 4.65. The molecule has 0 unspecified atom stereocenters. The van der Waals surface area contributed by atoms with E-state index >= 15 is 0 Å². The monoisotopic (exact) mass is 367 g/mol. The van der Waals surface area contributed by atoms with Gasteiger partial charge in [0.2, 0.25) is 0 Å². The number of halogens is 2. The minimum absolute atomic E-state index is 0. The molecule has 2 aliphatic heterocycles. The van der Waals surface area contributed by atoms with E-state index in [4.69, 9.17) is 11.6 Å². The van der Waals surface area contributed by atoms with Gasteiger partial charge in [-0.2, -0.15) is 0 Å². The molecule has 0 saturated carbocycles. The summed E-state index contributed by atoms with van der Waals surface area (Å²) in [6.45, 7) is 2.62. The highest BCUT2D eigenvalue weighted by Gasteiger charge is 2.28. The maximum absolute atomic E-state index is 12.8. The second-order valence-corrected chi connectivity index (χ2v) is 6.48. The van der Waals surface area contributed by atoms with Gasteiger partial charge in [-0.15, -0.1) is 17.5 Å². The van der Waals surface area contributed by atoms with Crippen LogP contribution in [-0.2, 0) is 6.42 Å². The Bertz CT molecular complexity index is 742. The molecule has 1 aromatic heterocycles. The maximum Gasteiger partial charge on any atom is 0.280 e. The average Bonchev–Trinajstić information content (AvgIpc) is 3.22. The summed E-state index contributed by atoms with van der Waals surface area (Å²) >= 11 is 6.07. The number of piperidine rings is 1. The molecule has 2 aliphatic rings. The minimum Gasteiger partial charge on any atom is -0.317 e. The van der Waals surface area contributed by atoms with Crippen molar-refractivity contribution in [2.75, 3.05) is 24.5 Å². The van der Waals surface area contributed by atoms with E-state index in [1.54, 1.807) is 11.1 Å². The fourth-order valence-corrected chi connectivity index (χ4v) is 3.49. The number of nitrogens with one attached hydrogen (secondary N) is 1. The third-order valence-corrected chi connectivity index (χ3v) is 4.84. The molecule has 0 bridgehead atoms. The molecule has 1 N–H and O–H groups in total. The topological polar surface area (TPSA) is 63.1 Å². The number of anilines is 1. The average molecular weight is 368 g/mol. The van der Waals surface area contributed by atoms with Crippen molar-refractivity contribution in [3.05, 3.63) is 40.7 Å². The molecule has 0 spiro atoms. The van der Waals surface area contributed by atoms with Crippen molar-refractivity contribution in [1.82, 2.24) is 20.3 Å². The number of rotatable bonds is 2. The first-order valence-electron chi connectivity index (χ1n) is 7.95. The predicted molar refractivity (Wildman–Crippen MR) is 95.2 cm³/mol. The zero-order valence-corrected chi connectivity index (χ0v) is 14.7. The third-order valence-electron chi connectivity index (χ3n) is 4.60. The zero-order valence-electron chi connectivity index (χ0n) is 13.1. The van der Waals surface area contributed by atoms with E-state index in [-0.39, 0.29) is 18.3 Å². The number of fused-ring (bicyclic) bond motifs is 1. The number of aromatic nitrogens is 3. The molecule has 1 saturated heterocycles. The molecule has 0 aliphatic carbocycles. The second-order valence-electron chi connectivity index (χ2n) is 6.04. The van der Waals surface area contributed by atoms with Crippen molar-refractivity contribution < 1.29 is 4.79 Å². The van der Waals surface area contributed by atoms with Crippen LogP contribution < -0.4 is 10.2 Å². The quantitative estimate of drug-likeness (QED) is 0.885. The van der Waals surface area contributed by atoms with E-state index < -0.39 is 0 Å². The molecule has 24 heavy (non-hydrogen) atoms. The van der Waals surface area contributed by atoms with Gasteiger partial charge in [0.1, 0.15) is 0 Å². The van der Waals surface area contributed by atoms with Gasteiger partial charge in [-0.1, -0.05) is 22.9 Å². The summed E-state index contributed by atoms with van der Waals surface area (Å²) in [5.74, 6) is -0.105. The van der Waals surface area contributed by atoms with Crippen LogP contribution in [0.15, 0.2) is 24.4 Å². The van der Waals surface area contributed by atoms with Gasteiger partial charge in [-0.3, -0.25) is 4.79 Å². The van der Waals surface area contributed by atoms with Crippen LogP contribution in [-0.4, -0.2) is 40.5 Å². The SMILES string of the molecule is Cl.O=C(c1cn(C2CCNCC2)nn1)N1CCc2ccc(Cl)cc21. The lowest BCUT2D eigenvalue weighted by Gasteiger charge is -2.22. The summed E-state index contributed by atoms with van der Waals surface area (Å²) in [5.41, 5.74) is 2.43. The van der Waals surface area contributed by atoms with Gasteiger partial charge in [-0.25, -0.2) is 4.68 Å². The molecule has 4 rings (SSSR count). The second kappa shape index (κ2) is 7.09. The van der Waals surface area contributed by atoms with Gasteiger partial charge < -0.3 is 10.2 Å². The lowest BCUT2D eigenvalue weighted by atomic mass is 10.1. The van der Waals surface area contributed by atoms with Gasteiger partial charge in [-0.05, 0) is 50.0 Å². The number of carbonyl (C=O) groups is 1. The number of hydrogen-bond donors (Lipinski definition) is 1. The van der Waals surface area contributed by atoms with E-state index in [2.05, 4.69) is 15.6 Å². The fraction of sp³-hybridized carbons (Fsp3) is 0.438. The summed E-state index contributed by atoms with van der Waals surface area (Å²) in [4.78, 5) is 14.5. The van der Waals surface area contributed by atoms with Crippen molar-refractivity contribution in [3.8, 4) is 0 Å². The smallest absolute Gasteiger partial charge is 0.280 e. The third kappa shape index (κ3) is 3.14. The highest BCUT2D eigenvalue weighted by Crippen LogP contribution is 2.31. The molecule has 0 atom stereocenters. The van der Waals surface area contributed by atoms with E-state index in [9.17, 15) is 4.79 Å². The van der Waals surface area contributed by atoms with Crippen LogP contribution in [0.25, 0.3) is 0 Å². The lowest BCUT2D eigenvalue weighted by Crippen LogP contribution is -2.30. The van der Waals surface area contributed by atoms with Crippen LogP contribution in [0.2, 0.25) is 5.02 Å². The van der Waals surface area contributed by atoms with Crippen molar-refractivity contribution in [3.63, 3.8) is 0 Å². The Morgan fingerprint density at radius 3 is 2.88 bits per heavy atom. The fourth-order valence-electron chi connectivity index (χ4n) is 3.33. The molecule has 1 aromatic carbocycles. The first-order valence-corrected chi connectivity index (χ1v) is 8.33. The number of carbonyl (C=O) groups excluding carboxylic acids is 1. The Kier molecular flexibility index (Phi) is 5.08. The van der Waals surface area contributed by atoms with Crippen LogP contribution in [0.4, 0.5) is 5.69 Å². The van der Waals surface area contributed by atoms with Crippen LogP contribution in [0.3, 0.4) is 0 Å². The minimum atomic E-state index is -0.105. The molecule has 2 aromatic rings. The Hall–Kier alpha value is -1.63. The van der Waals surface area contributed by atoms with E-state index in [0.29, 0.717) is 23.3 Å². The molecule has 6 nitrogen and oxygen atoms in total. The van der Waals surface area contributed by atoms with Crippen LogP contribution in [0.1, 0.15) is 34.9 Å². The van der Waals surface area contributed by atoms with Crippen molar-refractivity contribution in [1.29, 1.82) is 0 Å². The standard InChI is InChI=1S/C16H18ClN5O.ClH/c17-12-2-1-11-5-8-21(15(11)9-12)16(23)14-10-22(20-19-14)13-3-6-18-7-4-13;/h1-2,9-10,13,18H,3-8H2;1H. The number of hydrogen-bond acceptors (Lipinski definition) is 4. The largest absolute Gasteiger partial charge is 0.317 e. The molecule has 128 valence electrons. The summed E-state index contributed by atoms with van der Waals surface area (Å²) in [5, 5.41) is 12.2. The van der Waals surface area contributed by atoms with E-state index in [1.165, 1.54) is 0 Å². The number of nitrogens with zero attached hydrogens (tertiary/aromatic N) is 4. The normalized spacial score (nSPS) is 17.5. The van der Waals surface area contributed by atoms with E-state index in [1.807, 2.05) is 22.9 Å². The number of amides is 1. The molecule has 8 heteroatoms. The first-order chi connectivity index (χ1) is 11.2. The Labute approximate surface area is 151 Å². The van der Waals surface area contributed by atoms with Gasteiger partial charge in [0.25, 0.3) is 5.91 Å². The van der Waals surface area contributed by atoms with Crippen LogP contribution in [0.5, 0.6) is 0 Å². The predicted octanol–water partition coefficient (Wildman–Crippen LogP) is 2.48. The highest BCUT2D eigenvalue weighted by molar-refractivity contribution is 6.31. The Morgan fingerprint density at radius 2 is 2.08 bits per heavy atom. The van der Waals surface area contributed by atoms with Gasteiger partial charge in [0.15, 0.2) is 5.69 Å². The Morgan fingerprint density at radius 1 is 1.29 bits per heavy atom. The van der Waals surface area contributed by atoms with Crippen LogP contribution >= 0.6 is 24.0 Å². The van der Waals surface area contributed by atoms with Gasteiger partial charge in [0, 0.05) is 17.3 Å². The first kappa shape index (κ1) is 17.2. The van der Waals surface area contributed by atoms with Gasteiger partial charge >= 0.3 is 0 Å². The zero-order chi connectivity index (χ0) is 15.8. The molecule has 0 radical (unpaired) electrons. The molecular weight excluding hydrogens is 349 g/mol. The van der Waals surface area contributed by atoms with Gasteiger partial charge in [0.05, 0.1) is 12.2 Å². The number of benzene rings is 1. The molecule has 1 fully saturated rings. The summed E-state index contributed by atoms with van der Waals surface area (Å²) in [6, 6.07) is 6.02. The van der Waals surface area contributed by atoms with Crippen molar-refractivity contribution >= 4 is 35.6 Å². The van der Waals surface area contributed by atoms with E-state index in [0.717, 1.165) is 43.6 Å². The summed E-state index contributed by atoms with van der Waals surface area (Å²) < 4.78 is 1.84. The summed E-state index contributed by atoms with van der Waals surface area (Å²) in [7, 11) is 0. The van der Waals surface area contributed by atoms with Crippen LogP contribution in [0, 0.1) is 0 Å². The molecule has 3 heterocycles.